The van der Waals surface area contributed by atoms with Crippen LogP contribution in [0.25, 0.3) is 22.6 Å². The van der Waals surface area contributed by atoms with E-state index in [4.69, 9.17) is 0 Å². The molecule has 0 saturated carbocycles. The summed E-state index contributed by atoms with van der Waals surface area (Å²) in [4.78, 5) is 24.4. The second-order valence-electron chi connectivity index (χ2n) is 6.02. The van der Waals surface area contributed by atoms with Crippen molar-refractivity contribution in [2.45, 2.75) is 17.7 Å². The fourth-order valence-corrected chi connectivity index (χ4v) is 2.79. The van der Waals surface area contributed by atoms with Crippen LogP contribution in [0.3, 0.4) is 0 Å². The number of alkyl halides is 3. The van der Waals surface area contributed by atoms with E-state index < -0.39 is 12.1 Å². The molecule has 4 heterocycles. The monoisotopic (exact) mass is 446 g/mol. The number of thioether (sulfide) groups is 1. The van der Waals surface area contributed by atoms with Crippen molar-refractivity contribution < 1.29 is 17.7 Å². The summed E-state index contributed by atoms with van der Waals surface area (Å²) in [6.45, 7) is 0.202. The van der Waals surface area contributed by atoms with Crippen LogP contribution in [0.1, 0.15) is 11.7 Å². The van der Waals surface area contributed by atoms with E-state index in [1.54, 1.807) is 30.2 Å². The van der Waals surface area contributed by atoms with Gasteiger partial charge in [-0.05, 0) is 24.5 Å². The van der Waals surface area contributed by atoms with Crippen molar-refractivity contribution >= 4 is 17.7 Å². The van der Waals surface area contributed by atoms with Crippen LogP contribution in [0, 0.1) is 0 Å². The van der Waals surface area contributed by atoms with E-state index >= 15 is 0 Å². The zero-order chi connectivity index (χ0) is 21.8. The summed E-state index contributed by atoms with van der Waals surface area (Å²) in [5.74, 6) is -0.928. The number of anilines is 1. The standard InChI is InChI=1S/C18H13F3N8OS/c1-31-14-3-2-10(6-25-14)12-4-5-22-17(27-12)26-9-13-23-7-11(8-24-13)15-28-16(30-29-15)18(19,20)21/h2-8H,9H2,1H3,(H,22,26,27). The molecule has 4 rings (SSSR count). The molecule has 0 bridgehead atoms. The van der Waals surface area contributed by atoms with Crippen LogP contribution in [-0.2, 0) is 12.7 Å². The highest BCUT2D eigenvalue weighted by Crippen LogP contribution is 2.29. The molecule has 31 heavy (non-hydrogen) atoms. The van der Waals surface area contributed by atoms with Crippen molar-refractivity contribution in [2.24, 2.45) is 0 Å². The molecule has 0 unspecified atom stereocenters. The minimum Gasteiger partial charge on any atom is -0.347 e. The number of hydrogen-bond donors (Lipinski definition) is 1. The molecule has 9 nitrogen and oxygen atoms in total. The zero-order valence-corrected chi connectivity index (χ0v) is 16.6. The first-order valence-corrected chi connectivity index (χ1v) is 9.94. The Bertz CT molecular complexity index is 1170. The third kappa shape index (κ3) is 4.94. The Morgan fingerprint density at radius 3 is 2.39 bits per heavy atom. The Hall–Kier alpha value is -3.61. The maximum absolute atomic E-state index is 12.6. The van der Waals surface area contributed by atoms with Gasteiger partial charge in [0.25, 0.3) is 0 Å². The summed E-state index contributed by atoms with van der Waals surface area (Å²) in [5, 5.41) is 7.21. The maximum atomic E-state index is 12.6. The van der Waals surface area contributed by atoms with Gasteiger partial charge in [-0.25, -0.2) is 24.9 Å². The SMILES string of the molecule is CSc1ccc(-c2ccnc(NCc3ncc(-c4noc(C(F)(F)F)n4)cn3)n2)cn1. The third-order valence-electron chi connectivity index (χ3n) is 3.93. The van der Waals surface area contributed by atoms with Crippen LogP contribution in [0.15, 0.2) is 52.5 Å². The van der Waals surface area contributed by atoms with Crippen LogP contribution < -0.4 is 5.32 Å². The van der Waals surface area contributed by atoms with E-state index in [2.05, 4.69) is 44.9 Å². The predicted octanol–water partition coefficient (Wildman–Crippen LogP) is 3.73. The van der Waals surface area contributed by atoms with Gasteiger partial charge in [-0.1, -0.05) is 5.16 Å². The lowest BCUT2D eigenvalue weighted by Crippen LogP contribution is -2.07. The highest BCUT2D eigenvalue weighted by molar-refractivity contribution is 7.98. The lowest BCUT2D eigenvalue weighted by atomic mass is 10.2. The third-order valence-corrected chi connectivity index (χ3v) is 4.59. The molecule has 0 spiro atoms. The zero-order valence-electron chi connectivity index (χ0n) is 15.8. The smallest absolute Gasteiger partial charge is 0.347 e. The van der Waals surface area contributed by atoms with Crippen molar-refractivity contribution in [1.29, 1.82) is 0 Å². The number of rotatable bonds is 6. The Balaban J connectivity index is 1.42. The number of nitrogens with zero attached hydrogens (tertiary/aromatic N) is 7. The summed E-state index contributed by atoms with van der Waals surface area (Å²) < 4.78 is 41.9. The molecule has 0 aliphatic carbocycles. The van der Waals surface area contributed by atoms with Gasteiger partial charge >= 0.3 is 12.1 Å². The van der Waals surface area contributed by atoms with Gasteiger partial charge in [0, 0.05) is 30.4 Å². The minimum absolute atomic E-state index is 0.197. The molecule has 0 aliphatic heterocycles. The predicted molar refractivity (Wildman–Crippen MR) is 105 cm³/mol. The first kappa shape index (κ1) is 20.7. The fourth-order valence-electron chi connectivity index (χ4n) is 2.43. The molecule has 4 aromatic heterocycles. The topological polar surface area (TPSA) is 115 Å². The normalized spacial score (nSPS) is 11.5. The number of nitrogens with one attached hydrogen (secondary N) is 1. The average Bonchev–Trinajstić information content (AvgIpc) is 3.29. The first-order chi connectivity index (χ1) is 14.9. The van der Waals surface area contributed by atoms with E-state index in [-0.39, 0.29) is 17.9 Å². The molecule has 13 heteroatoms. The average molecular weight is 446 g/mol. The molecule has 0 saturated heterocycles. The molecule has 0 aliphatic rings. The van der Waals surface area contributed by atoms with E-state index in [0.717, 1.165) is 10.6 Å². The Morgan fingerprint density at radius 2 is 1.74 bits per heavy atom. The maximum Gasteiger partial charge on any atom is 0.471 e. The number of pyridine rings is 1. The van der Waals surface area contributed by atoms with Gasteiger partial charge in [0.1, 0.15) is 5.82 Å². The Morgan fingerprint density at radius 1 is 0.968 bits per heavy atom. The molecule has 0 radical (unpaired) electrons. The molecule has 0 amide bonds. The summed E-state index contributed by atoms with van der Waals surface area (Å²) >= 11 is 1.55. The molecular weight excluding hydrogens is 433 g/mol. The van der Waals surface area contributed by atoms with Crippen LogP contribution in [0.2, 0.25) is 0 Å². The molecule has 0 fully saturated rings. The Labute approximate surface area is 177 Å². The van der Waals surface area contributed by atoms with Crippen LogP contribution >= 0.6 is 11.8 Å². The molecule has 4 aromatic rings. The summed E-state index contributed by atoms with van der Waals surface area (Å²) in [6, 6.07) is 5.60. The van der Waals surface area contributed by atoms with Gasteiger partial charge in [0.2, 0.25) is 11.8 Å². The number of hydrogen-bond acceptors (Lipinski definition) is 10. The van der Waals surface area contributed by atoms with E-state index in [0.29, 0.717) is 17.5 Å². The molecular formula is C18H13F3N8OS. The van der Waals surface area contributed by atoms with Gasteiger partial charge in [-0.3, -0.25) is 0 Å². The lowest BCUT2D eigenvalue weighted by molar-refractivity contribution is -0.159. The molecule has 0 atom stereocenters. The summed E-state index contributed by atoms with van der Waals surface area (Å²) in [7, 11) is 0. The molecule has 0 aromatic carbocycles. The Kier molecular flexibility index (Phi) is 5.75. The van der Waals surface area contributed by atoms with Gasteiger partial charge in [0.05, 0.1) is 22.8 Å². The fraction of sp³-hybridized carbons (Fsp3) is 0.167. The van der Waals surface area contributed by atoms with Crippen molar-refractivity contribution in [3.8, 4) is 22.6 Å². The summed E-state index contributed by atoms with van der Waals surface area (Å²) in [6.07, 6.45) is 3.22. The van der Waals surface area contributed by atoms with Crippen LogP contribution in [0.5, 0.6) is 0 Å². The lowest BCUT2D eigenvalue weighted by Gasteiger charge is -2.06. The van der Waals surface area contributed by atoms with Gasteiger partial charge in [0.15, 0.2) is 0 Å². The molecule has 1 N–H and O–H groups in total. The quantitative estimate of drug-likeness (QED) is 0.439. The minimum atomic E-state index is -4.71. The van der Waals surface area contributed by atoms with Gasteiger partial charge in [-0.15, -0.1) is 11.8 Å². The van der Waals surface area contributed by atoms with E-state index in [9.17, 15) is 13.2 Å². The second-order valence-corrected chi connectivity index (χ2v) is 6.84. The van der Waals surface area contributed by atoms with E-state index in [1.807, 2.05) is 18.4 Å². The highest BCUT2D eigenvalue weighted by Gasteiger charge is 2.38. The highest BCUT2D eigenvalue weighted by atomic mass is 32.2. The van der Waals surface area contributed by atoms with Crippen molar-refractivity contribution in [3.63, 3.8) is 0 Å². The largest absolute Gasteiger partial charge is 0.471 e. The molecule has 158 valence electrons. The number of aromatic nitrogens is 7. The van der Waals surface area contributed by atoms with Gasteiger partial charge in [-0.2, -0.15) is 18.2 Å². The van der Waals surface area contributed by atoms with Crippen molar-refractivity contribution in [1.82, 2.24) is 35.1 Å². The summed E-state index contributed by atoms with van der Waals surface area (Å²) in [5.41, 5.74) is 1.75. The van der Waals surface area contributed by atoms with Crippen molar-refractivity contribution in [2.75, 3.05) is 11.6 Å². The van der Waals surface area contributed by atoms with Gasteiger partial charge < -0.3 is 9.84 Å². The number of halogens is 3. The van der Waals surface area contributed by atoms with Crippen LogP contribution in [-0.4, -0.2) is 41.3 Å². The van der Waals surface area contributed by atoms with E-state index in [1.165, 1.54) is 12.4 Å². The van der Waals surface area contributed by atoms with Crippen molar-refractivity contribution in [3.05, 3.63) is 54.7 Å². The second kappa shape index (κ2) is 8.63. The first-order valence-electron chi connectivity index (χ1n) is 8.72. The van der Waals surface area contributed by atoms with Crippen LogP contribution in [0.4, 0.5) is 19.1 Å².